The van der Waals surface area contributed by atoms with Gasteiger partial charge in [-0.15, -0.1) is 0 Å². The van der Waals surface area contributed by atoms with E-state index in [2.05, 4.69) is 36.2 Å². The lowest BCUT2D eigenvalue weighted by atomic mass is 10.2. The average Bonchev–Trinajstić information content (AvgIpc) is 2.23. The van der Waals surface area contributed by atoms with Crippen LogP contribution in [-0.2, 0) is 0 Å². The molecule has 0 saturated carbocycles. The van der Waals surface area contributed by atoms with E-state index >= 15 is 0 Å². The first-order valence-corrected chi connectivity index (χ1v) is 5.31. The minimum Gasteiger partial charge on any atom is -0.265 e. The maximum Gasteiger partial charge on any atom is 0.0279 e. The standard InChI is InChI=1S/C12H11NS/c1-10-2-4-11(5-3-10)14-12-6-8-13-9-7-12/h2-9H,1H3. The summed E-state index contributed by atoms with van der Waals surface area (Å²) in [7, 11) is 0. The van der Waals surface area contributed by atoms with Crippen molar-refractivity contribution in [2.75, 3.05) is 0 Å². The zero-order chi connectivity index (χ0) is 9.80. The topological polar surface area (TPSA) is 12.9 Å². The molecule has 2 rings (SSSR count). The molecule has 1 heterocycles. The molecule has 1 aromatic carbocycles. The maximum atomic E-state index is 3.99. The van der Waals surface area contributed by atoms with Gasteiger partial charge in [0.25, 0.3) is 0 Å². The SMILES string of the molecule is Cc1ccc(Sc2ccncc2)cc1. The summed E-state index contributed by atoms with van der Waals surface area (Å²) >= 11 is 1.76. The average molecular weight is 201 g/mol. The molecule has 2 aromatic rings. The molecular formula is C12H11NS. The first-order valence-electron chi connectivity index (χ1n) is 4.49. The fraction of sp³-hybridized carbons (Fsp3) is 0.0833. The Hall–Kier alpha value is -1.28. The number of pyridine rings is 1. The summed E-state index contributed by atoms with van der Waals surface area (Å²) in [6.07, 6.45) is 3.63. The van der Waals surface area contributed by atoms with Crippen LogP contribution >= 0.6 is 11.8 Å². The van der Waals surface area contributed by atoms with Gasteiger partial charge in [0.05, 0.1) is 0 Å². The Morgan fingerprint density at radius 1 is 0.857 bits per heavy atom. The van der Waals surface area contributed by atoms with E-state index in [0.717, 1.165) is 0 Å². The highest BCUT2D eigenvalue weighted by atomic mass is 32.2. The van der Waals surface area contributed by atoms with Gasteiger partial charge in [0, 0.05) is 22.2 Å². The Bertz CT molecular complexity index is 394. The van der Waals surface area contributed by atoms with E-state index in [4.69, 9.17) is 0 Å². The molecule has 70 valence electrons. The van der Waals surface area contributed by atoms with Crippen molar-refractivity contribution in [1.29, 1.82) is 0 Å². The van der Waals surface area contributed by atoms with Gasteiger partial charge in [-0.3, -0.25) is 4.98 Å². The Labute approximate surface area is 88.2 Å². The molecule has 14 heavy (non-hydrogen) atoms. The van der Waals surface area contributed by atoms with Crippen LogP contribution < -0.4 is 0 Å². The smallest absolute Gasteiger partial charge is 0.0279 e. The second kappa shape index (κ2) is 4.29. The predicted octanol–water partition coefficient (Wildman–Crippen LogP) is 3.54. The van der Waals surface area contributed by atoms with E-state index in [1.54, 1.807) is 11.8 Å². The third-order valence-corrected chi connectivity index (χ3v) is 2.92. The summed E-state index contributed by atoms with van der Waals surface area (Å²) in [6, 6.07) is 12.6. The van der Waals surface area contributed by atoms with Crippen LogP contribution in [0.25, 0.3) is 0 Å². The van der Waals surface area contributed by atoms with Gasteiger partial charge in [0.15, 0.2) is 0 Å². The fourth-order valence-corrected chi connectivity index (χ4v) is 1.95. The zero-order valence-electron chi connectivity index (χ0n) is 7.97. The third kappa shape index (κ3) is 2.36. The van der Waals surface area contributed by atoms with Crippen LogP contribution in [0.4, 0.5) is 0 Å². The summed E-state index contributed by atoms with van der Waals surface area (Å²) in [5, 5.41) is 0. The van der Waals surface area contributed by atoms with Crippen molar-refractivity contribution in [3.05, 3.63) is 54.4 Å². The number of aryl methyl sites for hydroxylation is 1. The summed E-state index contributed by atoms with van der Waals surface area (Å²) < 4.78 is 0. The van der Waals surface area contributed by atoms with Gasteiger partial charge >= 0.3 is 0 Å². The Morgan fingerprint density at radius 2 is 1.43 bits per heavy atom. The van der Waals surface area contributed by atoms with Crippen LogP contribution in [-0.4, -0.2) is 4.98 Å². The zero-order valence-corrected chi connectivity index (χ0v) is 8.79. The minimum atomic E-state index is 1.23. The molecule has 0 amide bonds. The molecule has 0 N–H and O–H groups in total. The monoisotopic (exact) mass is 201 g/mol. The maximum absolute atomic E-state index is 3.99. The second-order valence-electron chi connectivity index (χ2n) is 3.10. The molecular weight excluding hydrogens is 190 g/mol. The van der Waals surface area contributed by atoms with E-state index in [1.165, 1.54) is 15.4 Å². The molecule has 0 radical (unpaired) electrons. The van der Waals surface area contributed by atoms with Gasteiger partial charge in [-0.05, 0) is 31.2 Å². The molecule has 0 aliphatic rings. The lowest BCUT2D eigenvalue weighted by Gasteiger charge is -2.00. The lowest BCUT2D eigenvalue weighted by molar-refractivity contribution is 1.26. The van der Waals surface area contributed by atoms with E-state index < -0.39 is 0 Å². The summed E-state index contributed by atoms with van der Waals surface area (Å²) in [6.45, 7) is 2.10. The van der Waals surface area contributed by atoms with Crippen LogP contribution in [0, 0.1) is 6.92 Å². The number of nitrogens with zero attached hydrogens (tertiary/aromatic N) is 1. The van der Waals surface area contributed by atoms with Gasteiger partial charge in [-0.25, -0.2) is 0 Å². The van der Waals surface area contributed by atoms with Gasteiger partial charge in [0.2, 0.25) is 0 Å². The number of aromatic nitrogens is 1. The molecule has 0 unspecified atom stereocenters. The van der Waals surface area contributed by atoms with Gasteiger partial charge in [-0.1, -0.05) is 29.5 Å². The summed E-state index contributed by atoms with van der Waals surface area (Å²) in [4.78, 5) is 6.48. The van der Waals surface area contributed by atoms with Crippen LogP contribution in [0.15, 0.2) is 58.6 Å². The predicted molar refractivity (Wildman–Crippen MR) is 59.5 cm³/mol. The number of rotatable bonds is 2. The first kappa shape index (κ1) is 9.28. The van der Waals surface area contributed by atoms with E-state index in [9.17, 15) is 0 Å². The highest BCUT2D eigenvalue weighted by Crippen LogP contribution is 2.26. The van der Waals surface area contributed by atoms with Crippen molar-refractivity contribution < 1.29 is 0 Å². The summed E-state index contributed by atoms with van der Waals surface area (Å²) in [5.41, 5.74) is 1.30. The quantitative estimate of drug-likeness (QED) is 0.737. The molecule has 0 fully saturated rings. The number of hydrogen-bond acceptors (Lipinski definition) is 2. The molecule has 0 bridgehead atoms. The Kier molecular flexibility index (Phi) is 2.84. The molecule has 0 spiro atoms. The molecule has 0 aliphatic carbocycles. The third-order valence-electron chi connectivity index (χ3n) is 1.91. The van der Waals surface area contributed by atoms with Crippen LogP contribution in [0.2, 0.25) is 0 Å². The van der Waals surface area contributed by atoms with Crippen molar-refractivity contribution in [2.45, 2.75) is 16.7 Å². The molecule has 0 aliphatic heterocycles. The number of hydrogen-bond donors (Lipinski definition) is 0. The van der Waals surface area contributed by atoms with Crippen molar-refractivity contribution in [3.63, 3.8) is 0 Å². The molecule has 0 saturated heterocycles. The highest BCUT2D eigenvalue weighted by molar-refractivity contribution is 7.99. The normalized spacial score (nSPS) is 10.1. The molecule has 1 nitrogen and oxygen atoms in total. The second-order valence-corrected chi connectivity index (χ2v) is 4.24. The van der Waals surface area contributed by atoms with E-state index in [1.807, 2.05) is 24.5 Å². The van der Waals surface area contributed by atoms with Gasteiger partial charge in [0.1, 0.15) is 0 Å². The van der Waals surface area contributed by atoms with Crippen molar-refractivity contribution in [2.24, 2.45) is 0 Å². The van der Waals surface area contributed by atoms with Crippen LogP contribution in [0.5, 0.6) is 0 Å². The van der Waals surface area contributed by atoms with Crippen molar-refractivity contribution >= 4 is 11.8 Å². The minimum absolute atomic E-state index is 1.23. The number of benzene rings is 1. The van der Waals surface area contributed by atoms with E-state index in [-0.39, 0.29) is 0 Å². The largest absolute Gasteiger partial charge is 0.265 e. The Morgan fingerprint density at radius 3 is 2.07 bits per heavy atom. The molecule has 2 heteroatoms. The lowest BCUT2D eigenvalue weighted by Crippen LogP contribution is -1.75. The first-order chi connectivity index (χ1) is 6.84. The van der Waals surface area contributed by atoms with Crippen molar-refractivity contribution in [1.82, 2.24) is 4.98 Å². The van der Waals surface area contributed by atoms with Gasteiger partial charge in [-0.2, -0.15) is 0 Å². The summed E-state index contributed by atoms with van der Waals surface area (Å²) in [5.74, 6) is 0. The van der Waals surface area contributed by atoms with Crippen molar-refractivity contribution in [3.8, 4) is 0 Å². The Balaban J connectivity index is 2.16. The van der Waals surface area contributed by atoms with Gasteiger partial charge < -0.3 is 0 Å². The van der Waals surface area contributed by atoms with Crippen LogP contribution in [0.3, 0.4) is 0 Å². The molecule has 1 aromatic heterocycles. The fourth-order valence-electron chi connectivity index (χ4n) is 1.15. The molecule has 0 atom stereocenters. The highest BCUT2D eigenvalue weighted by Gasteiger charge is 1.95. The van der Waals surface area contributed by atoms with Crippen LogP contribution in [0.1, 0.15) is 5.56 Å². The van der Waals surface area contributed by atoms with E-state index in [0.29, 0.717) is 0 Å².